The van der Waals surface area contributed by atoms with E-state index in [1.165, 1.54) is 24.0 Å². The molecule has 0 saturated carbocycles. The maximum Gasteiger partial charge on any atom is 0.226 e. The molecule has 0 atom stereocenters. The van der Waals surface area contributed by atoms with E-state index in [1.54, 1.807) is 4.90 Å². The summed E-state index contributed by atoms with van der Waals surface area (Å²) in [6.45, 7) is 5.47. The SMILES string of the molecule is CN(CC(C)(C)CN)C(=O)Cc1ccc2c(c1)CCC2. The Morgan fingerprint density at radius 1 is 1.30 bits per heavy atom. The molecule has 2 N–H and O–H groups in total. The molecule has 1 aromatic rings. The van der Waals surface area contributed by atoms with Crippen LogP contribution in [0.15, 0.2) is 18.2 Å². The summed E-state index contributed by atoms with van der Waals surface area (Å²) in [5, 5.41) is 0. The third kappa shape index (κ3) is 3.60. The molecule has 0 heterocycles. The summed E-state index contributed by atoms with van der Waals surface area (Å²) in [6.07, 6.45) is 4.09. The van der Waals surface area contributed by atoms with E-state index in [0.717, 1.165) is 12.0 Å². The fourth-order valence-corrected chi connectivity index (χ4v) is 2.84. The molecule has 0 spiro atoms. The van der Waals surface area contributed by atoms with Crippen molar-refractivity contribution in [1.29, 1.82) is 0 Å². The number of nitrogens with zero attached hydrogens (tertiary/aromatic N) is 1. The minimum Gasteiger partial charge on any atom is -0.345 e. The first-order valence-corrected chi connectivity index (χ1v) is 7.46. The number of carbonyl (C=O) groups excluding carboxylic acids is 1. The van der Waals surface area contributed by atoms with Crippen molar-refractivity contribution in [3.63, 3.8) is 0 Å². The first-order chi connectivity index (χ1) is 9.41. The quantitative estimate of drug-likeness (QED) is 0.894. The average Bonchev–Trinajstić information content (AvgIpc) is 2.85. The molecule has 1 aliphatic rings. The summed E-state index contributed by atoms with van der Waals surface area (Å²) in [7, 11) is 1.87. The van der Waals surface area contributed by atoms with Crippen LogP contribution in [0.3, 0.4) is 0 Å². The van der Waals surface area contributed by atoms with Gasteiger partial charge in [0.05, 0.1) is 6.42 Å². The van der Waals surface area contributed by atoms with Crippen molar-refractivity contribution in [2.24, 2.45) is 11.1 Å². The number of nitrogens with two attached hydrogens (primary N) is 1. The number of benzene rings is 1. The maximum atomic E-state index is 12.3. The van der Waals surface area contributed by atoms with Crippen LogP contribution in [0.25, 0.3) is 0 Å². The monoisotopic (exact) mass is 274 g/mol. The Morgan fingerprint density at radius 2 is 2.00 bits per heavy atom. The van der Waals surface area contributed by atoms with Gasteiger partial charge in [0.15, 0.2) is 0 Å². The lowest BCUT2D eigenvalue weighted by Gasteiger charge is -2.29. The van der Waals surface area contributed by atoms with E-state index in [2.05, 4.69) is 32.0 Å². The first kappa shape index (κ1) is 15.0. The number of likely N-dealkylation sites (N-methyl/N-ethyl adjacent to an activating group) is 1. The van der Waals surface area contributed by atoms with Gasteiger partial charge in [-0.15, -0.1) is 0 Å². The Bertz CT molecular complexity index is 494. The van der Waals surface area contributed by atoms with Gasteiger partial charge in [-0.2, -0.15) is 0 Å². The van der Waals surface area contributed by atoms with E-state index in [9.17, 15) is 4.79 Å². The smallest absolute Gasteiger partial charge is 0.226 e. The summed E-state index contributed by atoms with van der Waals surface area (Å²) in [5.41, 5.74) is 9.73. The van der Waals surface area contributed by atoms with Crippen LogP contribution < -0.4 is 5.73 Å². The summed E-state index contributed by atoms with van der Waals surface area (Å²) in [4.78, 5) is 14.1. The molecule has 0 radical (unpaired) electrons. The second kappa shape index (κ2) is 5.96. The highest BCUT2D eigenvalue weighted by Crippen LogP contribution is 2.23. The van der Waals surface area contributed by atoms with Gasteiger partial charge in [-0.05, 0) is 47.9 Å². The summed E-state index contributed by atoms with van der Waals surface area (Å²) < 4.78 is 0. The zero-order chi connectivity index (χ0) is 14.8. The van der Waals surface area contributed by atoms with Crippen LogP contribution in [0.4, 0.5) is 0 Å². The van der Waals surface area contributed by atoms with Crippen molar-refractivity contribution in [2.75, 3.05) is 20.1 Å². The molecule has 0 bridgehead atoms. The number of rotatable bonds is 5. The lowest BCUT2D eigenvalue weighted by atomic mass is 9.93. The van der Waals surface area contributed by atoms with Crippen LogP contribution in [0.2, 0.25) is 0 Å². The van der Waals surface area contributed by atoms with Crippen molar-refractivity contribution >= 4 is 5.91 Å². The van der Waals surface area contributed by atoms with Gasteiger partial charge >= 0.3 is 0 Å². The predicted octanol–water partition coefficient (Wildman–Crippen LogP) is 2.16. The summed E-state index contributed by atoms with van der Waals surface area (Å²) in [5.74, 6) is 0.171. The normalized spacial score (nSPS) is 14.2. The van der Waals surface area contributed by atoms with Gasteiger partial charge in [-0.3, -0.25) is 4.79 Å². The van der Waals surface area contributed by atoms with Crippen molar-refractivity contribution in [2.45, 2.75) is 39.5 Å². The van der Waals surface area contributed by atoms with Crippen molar-refractivity contribution in [3.05, 3.63) is 34.9 Å². The van der Waals surface area contributed by atoms with E-state index in [1.807, 2.05) is 7.05 Å². The average molecular weight is 274 g/mol. The second-order valence-corrected chi connectivity index (χ2v) is 6.75. The van der Waals surface area contributed by atoms with Gasteiger partial charge < -0.3 is 10.6 Å². The Kier molecular flexibility index (Phi) is 4.48. The highest BCUT2D eigenvalue weighted by Gasteiger charge is 2.21. The molecule has 1 aliphatic carbocycles. The van der Waals surface area contributed by atoms with E-state index < -0.39 is 0 Å². The Labute approximate surface area is 122 Å². The number of carbonyl (C=O) groups is 1. The third-order valence-electron chi connectivity index (χ3n) is 4.16. The van der Waals surface area contributed by atoms with E-state index in [0.29, 0.717) is 19.5 Å². The minimum atomic E-state index is -0.0255. The lowest BCUT2D eigenvalue weighted by molar-refractivity contribution is -0.130. The standard InChI is InChI=1S/C17H26N2O/c1-17(2,11-18)12-19(3)16(20)10-13-7-8-14-5-4-6-15(14)9-13/h7-9H,4-6,10-12,18H2,1-3H3. The summed E-state index contributed by atoms with van der Waals surface area (Å²) >= 11 is 0. The highest BCUT2D eigenvalue weighted by atomic mass is 16.2. The molecular weight excluding hydrogens is 248 g/mol. The number of aryl methyl sites for hydroxylation is 2. The van der Waals surface area contributed by atoms with Crippen molar-refractivity contribution < 1.29 is 4.79 Å². The zero-order valence-electron chi connectivity index (χ0n) is 12.9. The largest absolute Gasteiger partial charge is 0.345 e. The molecule has 3 nitrogen and oxygen atoms in total. The molecular formula is C17H26N2O. The molecule has 0 aliphatic heterocycles. The van der Waals surface area contributed by atoms with Gasteiger partial charge in [0.2, 0.25) is 5.91 Å². The molecule has 2 rings (SSSR count). The van der Waals surface area contributed by atoms with Gasteiger partial charge in [-0.1, -0.05) is 32.0 Å². The molecule has 3 heteroatoms. The molecule has 0 aromatic heterocycles. The lowest BCUT2D eigenvalue weighted by Crippen LogP contribution is -2.40. The fraction of sp³-hybridized carbons (Fsp3) is 0.588. The molecule has 0 fully saturated rings. The molecule has 20 heavy (non-hydrogen) atoms. The first-order valence-electron chi connectivity index (χ1n) is 7.46. The molecule has 1 aromatic carbocycles. The third-order valence-corrected chi connectivity index (χ3v) is 4.16. The van der Waals surface area contributed by atoms with E-state index in [-0.39, 0.29) is 11.3 Å². The minimum absolute atomic E-state index is 0.0255. The molecule has 0 unspecified atom stereocenters. The fourth-order valence-electron chi connectivity index (χ4n) is 2.84. The zero-order valence-corrected chi connectivity index (χ0v) is 12.9. The van der Waals surface area contributed by atoms with Crippen LogP contribution in [-0.2, 0) is 24.1 Å². The Hall–Kier alpha value is -1.35. The maximum absolute atomic E-state index is 12.3. The van der Waals surface area contributed by atoms with E-state index in [4.69, 9.17) is 5.73 Å². The summed E-state index contributed by atoms with van der Waals surface area (Å²) in [6, 6.07) is 6.50. The van der Waals surface area contributed by atoms with Crippen LogP contribution >= 0.6 is 0 Å². The van der Waals surface area contributed by atoms with E-state index >= 15 is 0 Å². The second-order valence-electron chi connectivity index (χ2n) is 6.75. The van der Waals surface area contributed by atoms with Crippen LogP contribution in [0, 0.1) is 5.41 Å². The number of hydrogen-bond donors (Lipinski definition) is 1. The van der Waals surface area contributed by atoms with Crippen LogP contribution in [0.1, 0.15) is 37.0 Å². The van der Waals surface area contributed by atoms with Crippen molar-refractivity contribution in [1.82, 2.24) is 4.90 Å². The number of amides is 1. The van der Waals surface area contributed by atoms with Crippen LogP contribution in [-0.4, -0.2) is 30.9 Å². The number of fused-ring (bicyclic) bond motifs is 1. The Balaban J connectivity index is 1.97. The van der Waals surface area contributed by atoms with Gasteiger partial charge in [0, 0.05) is 13.6 Å². The van der Waals surface area contributed by atoms with Gasteiger partial charge in [0.25, 0.3) is 0 Å². The number of hydrogen-bond acceptors (Lipinski definition) is 2. The Morgan fingerprint density at radius 3 is 2.70 bits per heavy atom. The van der Waals surface area contributed by atoms with Crippen LogP contribution in [0.5, 0.6) is 0 Å². The van der Waals surface area contributed by atoms with Crippen molar-refractivity contribution in [3.8, 4) is 0 Å². The predicted molar refractivity (Wildman–Crippen MR) is 82.6 cm³/mol. The molecule has 110 valence electrons. The highest BCUT2D eigenvalue weighted by molar-refractivity contribution is 5.78. The molecule has 1 amide bonds. The molecule has 0 saturated heterocycles. The van der Waals surface area contributed by atoms with Gasteiger partial charge in [0.1, 0.15) is 0 Å². The topological polar surface area (TPSA) is 46.3 Å². The van der Waals surface area contributed by atoms with Gasteiger partial charge in [-0.25, -0.2) is 0 Å².